The Hall–Kier alpha value is -1.10. The molecule has 4 nitrogen and oxygen atoms in total. The van der Waals surface area contributed by atoms with Gasteiger partial charge in [-0.05, 0) is 32.6 Å². The lowest BCUT2D eigenvalue weighted by Gasteiger charge is -2.23. The number of amidine groups is 1. The third-order valence-corrected chi connectivity index (χ3v) is 2.94. The quantitative estimate of drug-likeness (QED) is 0.499. The summed E-state index contributed by atoms with van der Waals surface area (Å²) in [5, 5.41) is 2.71. The predicted octanol–water partition coefficient (Wildman–Crippen LogP) is 1.03. The first kappa shape index (κ1) is 13.0. The van der Waals surface area contributed by atoms with Crippen LogP contribution in [0.1, 0.15) is 32.6 Å². The lowest BCUT2D eigenvalue weighted by atomic mass is 9.92. The number of rotatable bonds is 3. The van der Waals surface area contributed by atoms with Crippen LogP contribution in [0, 0.1) is 0 Å². The number of allylic oxidation sites excluding steroid dienone is 1. The van der Waals surface area contributed by atoms with Gasteiger partial charge in [-0.2, -0.15) is 0 Å². The highest BCUT2D eigenvalue weighted by Gasteiger charge is 2.19. The maximum atomic E-state index is 13.6. The van der Waals surface area contributed by atoms with E-state index in [0.717, 1.165) is 25.7 Å². The molecule has 0 aliphatic heterocycles. The van der Waals surface area contributed by atoms with Crippen LogP contribution in [0.2, 0.25) is 0 Å². The Balaban J connectivity index is 2.68. The number of hydrogen-bond donors (Lipinski definition) is 3. The highest BCUT2D eigenvalue weighted by Crippen LogP contribution is 2.20. The number of nitrogens with zero attached hydrogens (tertiary/aromatic N) is 1. The summed E-state index contributed by atoms with van der Waals surface area (Å²) < 4.78 is 13.6. The van der Waals surface area contributed by atoms with Gasteiger partial charge in [-0.1, -0.05) is 0 Å². The summed E-state index contributed by atoms with van der Waals surface area (Å²) in [5.74, 6) is -0.493. The molecule has 0 spiro atoms. The molecule has 0 aromatic rings. The fourth-order valence-electron chi connectivity index (χ4n) is 1.87. The molecular weight excluding hydrogens is 207 g/mol. The van der Waals surface area contributed by atoms with Crippen molar-refractivity contribution in [3.05, 3.63) is 11.5 Å². The van der Waals surface area contributed by atoms with Crippen molar-refractivity contribution in [2.24, 2.45) is 16.5 Å². The van der Waals surface area contributed by atoms with Gasteiger partial charge in [-0.15, -0.1) is 0 Å². The van der Waals surface area contributed by atoms with Gasteiger partial charge in [0.25, 0.3) is 0 Å². The summed E-state index contributed by atoms with van der Waals surface area (Å²) in [7, 11) is 1.65. The van der Waals surface area contributed by atoms with Gasteiger partial charge < -0.3 is 16.8 Å². The molecule has 0 amide bonds. The van der Waals surface area contributed by atoms with Crippen LogP contribution in [0.15, 0.2) is 16.5 Å². The first-order valence-corrected chi connectivity index (χ1v) is 5.68. The molecule has 1 saturated carbocycles. The topological polar surface area (TPSA) is 76.4 Å². The zero-order chi connectivity index (χ0) is 12.1. The molecule has 0 radical (unpaired) electrons. The smallest absolute Gasteiger partial charge is 0.183 e. The van der Waals surface area contributed by atoms with E-state index in [9.17, 15) is 4.39 Å². The van der Waals surface area contributed by atoms with Gasteiger partial charge in [0.1, 0.15) is 0 Å². The van der Waals surface area contributed by atoms with Crippen molar-refractivity contribution in [1.82, 2.24) is 5.32 Å². The van der Waals surface area contributed by atoms with Crippen molar-refractivity contribution >= 4 is 5.84 Å². The summed E-state index contributed by atoms with van der Waals surface area (Å²) in [6, 6.07) is 0.242. The van der Waals surface area contributed by atoms with Gasteiger partial charge in [0.15, 0.2) is 11.7 Å². The minimum atomic E-state index is -0.471. The SMILES string of the molecule is CN/C(C)=C(/F)C(N)=N[C@H]1CCC[C@@H](N)C1. The molecule has 1 fully saturated rings. The first-order chi connectivity index (χ1) is 7.54. The predicted molar refractivity (Wildman–Crippen MR) is 64.7 cm³/mol. The summed E-state index contributed by atoms with van der Waals surface area (Å²) in [6.07, 6.45) is 3.81. The van der Waals surface area contributed by atoms with Crippen molar-refractivity contribution in [1.29, 1.82) is 0 Å². The molecular formula is C11H21FN4. The highest BCUT2D eigenvalue weighted by molar-refractivity contribution is 5.95. The lowest BCUT2D eigenvalue weighted by molar-refractivity contribution is 0.393. The van der Waals surface area contributed by atoms with Crippen molar-refractivity contribution in [3.8, 4) is 0 Å². The molecule has 92 valence electrons. The molecule has 5 N–H and O–H groups in total. The average Bonchev–Trinajstić information content (AvgIpc) is 2.27. The number of hydrogen-bond acceptors (Lipinski definition) is 3. The second-order valence-corrected chi connectivity index (χ2v) is 4.28. The Labute approximate surface area is 96.0 Å². The van der Waals surface area contributed by atoms with E-state index in [1.165, 1.54) is 0 Å². The van der Waals surface area contributed by atoms with E-state index in [1.54, 1.807) is 14.0 Å². The van der Waals surface area contributed by atoms with Crippen molar-refractivity contribution in [3.63, 3.8) is 0 Å². The Bertz CT molecular complexity index is 298. The molecule has 0 saturated heterocycles. The van der Waals surface area contributed by atoms with Crippen molar-refractivity contribution in [2.45, 2.75) is 44.7 Å². The normalized spacial score (nSPS) is 28.6. The molecule has 2 atom stereocenters. The molecule has 16 heavy (non-hydrogen) atoms. The van der Waals surface area contributed by atoms with Crippen molar-refractivity contribution < 1.29 is 4.39 Å². The molecule has 0 aromatic heterocycles. The van der Waals surface area contributed by atoms with Gasteiger partial charge >= 0.3 is 0 Å². The van der Waals surface area contributed by atoms with Crippen LogP contribution in [0.5, 0.6) is 0 Å². The van der Waals surface area contributed by atoms with E-state index < -0.39 is 5.83 Å². The highest BCUT2D eigenvalue weighted by atomic mass is 19.1. The standard InChI is InChI=1S/C11H21FN4/c1-7(15-2)10(12)11(14)16-9-5-3-4-8(13)6-9/h8-9,15H,3-6,13H2,1-2H3,(H2,14,16)/b10-7+/t8-,9+/m1/s1. The summed E-state index contributed by atoms with van der Waals surface area (Å²) in [6.45, 7) is 1.63. The first-order valence-electron chi connectivity index (χ1n) is 5.68. The third kappa shape index (κ3) is 3.48. The Kier molecular flexibility index (Phi) is 4.73. The Morgan fingerprint density at radius 2 is 2.12 bits per heavy atom. The van der Waals surface area contributed by atoms with E-state index >= 15 is 0 Å². The van der Waals surface area contributed by atoms with Crippen LogP contribution in [-0.4, -0.2) is 25.0 Å². The fourth-order valence-corrected chi connectivity index (χ4v) is 1.87. The van der Waals surface area contributed by atoms with E-state index in [0.29, 0.717) is 5.70 Å². The van der Waals surface area contributed by atoms with E-state index in [-0.39, 0.29) is 17.9 Å². The van der Waals surface area contributed by atoms with Crippen LogP contribution in [0.25, 0.3) is 0 Å². The zero-order valence-corrected chi connectivity index (χ0v) is 9.96. The lowest BCUT2D eigenvalue weighted by Crippen LogP contribution is -2.31. The summed E-state index contributed by atoms with van der Waals surface area (Å²) >= 11 is 0. The van der Waals surface area contributed by atoms with Crippen LogP contribution in [0.3, 0.4) is 0 Å². The molecule has 1 aliphatic carbocycles. The molecule has 0 heterocycles. The Morgan fingerprint density at radius 1 is 1.44 bits per heavy atom. The molecule has 1 aliphatic rings. The molecule has 0 aromatic carbocycles. The van der Waals surface area contributed by atoms with Crippen molar-refractivity contribution in [2.75, 3.05) is 7.05 Å². The molecule has 5 heteroatoms. The number of halogens is 1. The molecule has 1 rings (SSSR count). The van der Waals surface area contributed by atoms with Gasteiger partial charge in [0.2, 0.25) is 0 Å². The fraction of sp³-hybridized carbons (Fsp3) is 0.727. The average molecular weight is 228 g/mol. The minimum absolute atomic E-state index is 0.0223. The summed E-state index contributed by atoms with van der Waals surface area (Å²) in [4.78, 5) is 4.20. The second kappa shape index (κ2) is 5.84. The van der Waals surface area contributed by atoms with E-state index in [2.05, 4.69) is 10.3 Å². The maximum absolute atomic E-state index is 13.6. The monoisotopic (exact) mass is 228 g/mol. The van der Waals surface area contributed by atoms with Gasteiger partial charge in [0.05, 0.1) is 6.04 Å². The van der Waals surface area contributed by atoms with Crippen LogP contribution < -0.4 is 16.8 Å². The molecule has 0 bridgehead atoms. The number of nitrogens with two attached hydrogens (primary N) is 2. The van der Waals surface area contributed by atoms with Gasteiger partial charge in [-0.3, -0.25) is 4.99 Å². The van der Waals surface area contributed by atoms with Gasteiger partial charge in [-0.25, -0.2) is 4.39 Å². The number of aliphatic imine (C=N–C) groups is 1. The zero-order valence-electron chi connectivity index (χ0n) is 9.96. The third-order valence-electron chi connectivity index (χ3n) is 2.94. The van der Waals surface area contributed by atoms with Crippen LogP contribution in [-0.2, 0) is 0 Å². The largest absolute Gasteiger partial charge is 0.389 e. The minimum Gasteiger partial charge on any atom is -0.389 e. The van der Waals surface area contributed by atoms with Crippen LogP contribution in [0.4, 0.5) is 4.39 Å². The maximum Gasteiger partial charge on any atom is 0.183 e. The molecule has 0 unspecified atom stereocenters. The summed E-state index contributed by atoms with van der Waals surface area (Å²) in [5.41, 5.74) is 11.8. The van der Waals surface area contributed by atoms with E-state index in [1.807, 2.05) is 0 Å². The van der Waals surface area contributed by atoms with E-state index in [4.69, 9.17) is 11.5 Å². The van der Waals surface area contributed by atoms with Gasteiger partial charge in [0, 0.05) is 18.8 Å². The number of nitrogens with one attached hydrogen (secondary N) is 1. The second-order valence-electron chi connectivity index (χ2n) is 4.28. The van der Waals surface area contributed by atoms with Crippen LogP contribution >= 0.6 is 0 Å². The Morgan fingerprint density at radius 3 is 2.69 bits per heavy atom.